The molecule has 1 aliphatic rings. The molecule has 0 radical (unpaired) electrons. The third-order valence-corrected chi connectivity index (χ3v) is 19.3. The van der Waals surface area contributed by atoms with Crippen molar-refractivity contribution in [3.8, 4) is 0 Å². The van der Waals surface area contributed by atoms with Gasteiger partial charge in [0.15, 0.2) is 18.5 Å². The molecule has 34 heteroatoms. The van der Waals surface area contributed by atoms with Gasteiger partial charge in [-0.1, -0.05) is 47.8 Å². The highest BCUT2D eigenvalue weighted by Crippen LogP contribution is 2.50. The monoisotopic (exact) mass is 1510 g/mol. The molecular weight excluding hydrogens is 1410 g/mol. The Hall–Kier alpha value is -5.61. The largest absolute Gasteiger partial charge is 0.464 e. The van der Waals surface area contributed by atoms with Crippen LogP contribution in [0.5, 0.6) is 0 Å². The van der Waals surface area contributed by atoms with E-state index in [1.807, 2.05) is 19.1 Å². The Morgan fingerprint density at radius 2 is 1.25 bits per heavy atom. The molecule has 0 aliphatic carbocycles. The van der Waals surface area contributed by atoms with E-state index >= 15 is 0 Å². The zero-order chi connectivity index (χ0) is 74.8. The molecule has 100 heavy (non-hydrogen) atoms. The van der Waals surface area contributed by atoms with Crippen molar-refractivity contribution in [2.75, 3.05) is 118 Å². The van der Waals surface area contributed by atoms with Gasteiger partial charge in [-0.2, -0.15) is 0 Å². The Labute approximate surface area is 609 Å². The van der Waals surface area contributed by atoms with E-state index in [9.17, 15) is 47.9 Å². The molecule has 2 heterocycles. The maximum absolute atomic E-state index is 14.8. The Kier molecular flexibility index (Phi) is 43.8. The summed E-state index contributed by atoms with van der Waals surface area (Å²) in [6.07, 6.45) is -2.78. The number of hydrogen-bond acceptors (Lipinski definition) is 29. The minimum atomic E-state index is -1.69. The molecule has 1 aromatic heterocycles. The van der Waals surface area contributed by atoms with Crippen molar-refractivity contribution in [3.05, 3.63) is 35.8 Å². The van der Waals surface area contributed by atoms with Crippen molar-refractivity contribution in [1.29, 1.82) is 0 Å². The van der Waals surface area contributed by atoms with Crippen molar-refractivity contribution in [2.24, 2.45) is 10.8 Å². The van der Waals surface area contributed by atoms with Gasteiger partial charge in [-0.15, -0.1) is 11.8 Å². The number of unbranched alkanes of at least 4 members (excludes halogenated alkanes) is 2. The van der Waals surface area contributed by atoms with Crippen LogP contribution < -0.4 is 21.3 Å². The lowest BCUT2D eigenvalue weighted by atomic mass is 9.64. The highest BCUT2D eigenvalue weighted by Gasteiger charge is 2.56. The number of nitrogens with zero attached hydrogens (tertiary/aromatic N) is 2. The third-order valence-electron chi connectivity index (χ3n) is 14.4. The summed E-state index contributed by atoms with van der Waals surface area (Å²) >= 11 is 8.10. The van der Waals surface area contributed by atoms with Crippen LogP contribution in [0, 0.1) is 17.4 Å². The average molecular weight is 1510 g/mol. The van der Waals surface area contributed by atoms with Crippen LogP contribution in [-0.4, -0.2) is 232 Å². The summed E-state index contributed by atoms with van der Waals surface area (Å²) in [6, 6.07) is 4.41. The van der Waals surface area contributed by atoms with Gasteiger partial charge in [0.1, 0.15) is 57.5 Å². The Morgan fingerprint density at radius 3 is 1.86 bits per heavy atom. The van der Waals surface area contributed by atoms with Gasteiger partial charge in [-0.3, -0.25) is 43.2 Å². The second-order valence-corrected chi connectivity index (χ2v) is 31.5. The minimum absolute atomic E-state index is 0.00640. The van der Waals surface area contributed by atoms with Gasteiger partial charge in [0.25, 0.3) is 0 Å². The first kappa shape index (κ1) is 90.5. The fraction of sp³-hybridized carbons (Fsp3) is 0.742. The van der Waals surface area contributed by atoms with Gasteiger partial charge in [0.05, 0.1) is 57.1 Å². The molecule has 0 aromatic carbocycles. The van der Waals surface area contributed by atoms with Gasteiger partial charge in [0.2, 0.25) is 23.3 Å². The smallest absolute Gasteiger partial charge is 0.407 e. The van der Waals surface area contributed by atoms with E-state index in [1.54, 1.807) is 60.7 Å². The summed E-state index contributed by atoms with van der Waals surface area (Å²) in [5.41, 5.74) is -5.40. The molecule has 29 nitrogen and oxygen atoms in total. The normalized spacial score (nSPS) is 18.3. The molecule has 1 aromatic rings. The van der Waals surface area contributed by atoms with Gasteiger partial charge in [-0.25, -0.2) is 16.4 Å². The summed E-state index contributed by atoms with van der Waals surface area (Å²) in [4.78, 5) is 138. The van der Waals surface area contributed by atoms with Gasteiger partial charge in [0, 0.05) is 106 Å². The molecular formula is C66H104N6O23S5. The van der Waals surface area contributed by atoms with Gasteiger partial charge < -0.3 is 87.7 Å². The number of pyridine rings is 1. The first-order valence-electron chi connectivity index (χ1n) is 32.9. The summed E-state index contributed by atoms with van der Waals surface area (Å²) in [6.45, 7) is 27.4. The molecule has 1 fully saturated rings. The fourth-order valence-corrected chi connectivity index (χ4v) is 15.2. The number of thioether (sulfide) groups is 2. The van der Waals surface area contributed by atoms with Crippen molar-refractivity contribution < 1.29 is 110 Å². The van der Waals surface area contributed by atoms with Crippen LogP contribution in [0.4, 0.5) is 4.79 Å². The van der Waals surface area contributed by atoms with Crippen LogP contribution in [0.1, 0.15) is 141 Å². The fourth-order valence-electron chi connectivity index (χ4n) is 10.3. The van der Waals surface area contributed by atoms with Crippen LogP contribution in [0.2, 0.25) is 0 Å². The van der Waals surface area contributed by atoms with E-state index in [1.165, 1.54) is 54.3 Å². The number of carbonyl (C=O) groups excluding carboxylic acids is 10. The molecule has 4 amide bonds. The topological polar surface area (TPSA) is 356 Å². The first-order valence-corrected chi connectivity index (χ1v) is 37.5. The van der Waals surface area contributed by atoms with E-state index in [-0.39, 0.29) is 143 Å². The Bertz CT molecular complexity index is 2790. The molecule has 0 bridgehead atoms. The number of carbonyl (C=O) groups is 10. The molecule has 566 valence electrons. The zero-order valence-electron chi connectivity index (χ0n) is 59.9. The van der Waals surface area contributed by atoms with E-state index in [0.29, 0.717) is 40.8 Å². The van der Waals surface area contributed by atoms with E-state index in [0.717, 1.165) is 30.6 Å². The summed E-state index contributed by atoms with van der Waals surface area (Å²) in [5.74, 6) is -4.44. The molecule has 9 atom stereocenters. The molecule has 1 aliphatic heterocycles. The number of hydrogen-bond donors (Lipinski definition) is 4. The molecule has 4 N–H and O–H groups in total. The summed E-state index contributed by atoms with van der Waals surface area (Å²) in [7, 11) is 4.27. The molecule has 0 saturated carbocycles. The lowest BCUT2D eigenvalue weighted by molar-refractivity contribution is -0.277. The molecule has 4 unspecified atom stereocenters. The van der Waals surface area contributed by atoms with Crippen molar-refractivity contribution in [1.82, 2.24) is 26.3 Å². The Balaban J connectivity index is 2.07. The second-order valence-electron chi connectivity index (χ2n) is 25.1. The van der Waals surface area contributed by atoms with Gasteiger partial charge >= 0.3 is 41.9 Å². The SMILES string of the molecule is [C-]#[N+]C(C)(CCC(=O)NCCOCCOCCC(=O)NCCCCCO[C@@H]1O[C@H](COC(C)=O)[C@H](OC(C)=O)[C@H](OC(C)=O)[C@H]1NC(C)=O)CC(C)(CC(C)(CC(C)(SC(=S)SCC)C(=O)OCCOC)C(=O)OCCOCCNC(=O)OC(C)(C)C)C(=O)OCCSSc1ccccn1. The number of thiocarbonyl (C=S) groups is 1. The lowest BCUT2D eigenvalue weighted by Gasteiger charge is -2.44. The van der Waals surface area contributed by atoms with Gasteiger partial charge in [-0.05, 0) is 102 Å². The summed E-state index contributed by atoms with van der Waals surface area (Å²) in [5, 5.41) is 11.6. The van der Waals surface area contributed by atoms with Crippen LogP contribution in [0.15, 0.2) is 29.4 Å². The minimum Gasteiger partial charge on any atom is -0.464 e. The van der Waals surface area contributed by atoms with E-state index in [2.05, 4.69) is 31.1 Å². The predicted octanol–water partition coefficient (Wildman–Crippen LogP) is 7.31. The van der Waals surface area contributed by atoms with Crippen LogP contribution >= 0.6 is 57.3 Å². The average Bonchev–Trinajstić information content (AvgIpc) is 0.778. The number of amides is 4. The molecule has 0 spiro atoms. The molecule has 2 rings (SSSR count). The number of nitrogens with one attached hydrogen (secondary N) is 4. The van der Waals surface area contributed by atoms with Crippen molar-refractivity contribution >= 4 is 120 Å². The lowest BCUT2D eigenvalue weighted by Crippen LogP contribution is -2.66. The number of aromatic nitrogens is 1. The van der Waals surface area contributed by atoms with Crippen LogP contribution in [0.3, 0.4) is 0 Å². The Morgan fingerprint density at radius 1 is 0.650 bits per heavy atom. The van der Waals surface area contributed by atoms with E-state index in [4.69, 9.17) is 80.4 Å². The predicted molar refractivity (Wildman–Crippen MR) is 379 cm³/mol. The quantitative estimate of drug-likeness (QED) is 0.0124. The van der Waals surface area contributed by atoms with Crippen molar-refractivity contribution in [2.45, 2.75) is 192 Å². The standard InChI is InChI=1S/C66H104N6O23S5/c1-15-97-61(96)99-66(12,59(81)89-37-33-83-14)44-64(10,58(80)88-38-36-86-32-28-71-60(82)95-62(6,7)8)42-63(9,57(79)90-39-40-98-100-52-21-17-19-26-70-52)43-65(11,67-13)24-22-50(77)69-27-31-85-35-34-84-30-23-51(78)68-25-18-16-20-29-87-56-53(72-45(2)73)55(93-48(5)76)54(92-47(4)75)49(94-56)41-91-46(3)74/h17,19,21,26,49,53-56H,15-16,18,20,22-25,27-44H2,1-12,14H3,(H,68,78)(H,69,77)(H,71,82)(H,72,73)/t49-,53-,54+,55-,56-,63?,64?,65?,66?/m1/s1. The molecule has 1 saturated heterocycles. The highest BCUT2D eigenvalue weighted by atomic mass is 33.1. The third kappa shape index (κ3) is 38.1. The number of rotatable bonds is 49. The van der Waals surface area contributed by atoms with Crippen LogP contribution in [0.25, 0.3) is 4.85 Å². The second kappa shape index (κ2) is 48.4. The zero-order valence-corrected chi connectivity index (χ0v) is 64.0. The van der Waals surface area contributed by atoms with Crippen molar-refractivity contribution in [3.63, 3.8) is 0 Å². The number of methoxy groups -OCH3 is 1. The highest BCUT2D eigenvalue weighted by molar-refractivity contribution is 8.76. The number of alkyl carbamates (subject to hydrolysis) is 1. The maximum atomic E-state index is 14.8. The maximum Gasteiger partial charge on any atom is 0.407 e. The number of ether oxygens (including phenoxy) is 13. The number of esters is 6. The first-order chi connectivity index (χ1) is 47.2. The van der Waals surface area contributed by atoms with Crippen LogP contribution in [-0.2, 0) is 105 Å². The van der Waals surface area contributed by atoms with E-state index < -0.39 is 105 Å². The summed E-state index contributed by atoms with van der Waals surface area (Å²) < 4.78 is 71.9.